The van der Waals surface area contributed by atoms with Crippen LogP contribution in [-0.4, -0.2) is 54.0 Å². The Morgan fingerprint density at radius 3 is 2.67 bits per heavy atom. The number of hydrogen-bond acceptors (Lipinski definition) is 5. The van der Waals surface area contributed by atoms with Crippen LogP contribution in [0.25, 0.3) is 0 Å². The molecule has 104 valence electrons. The number of amides is 1. The molecule has 0 radical (unpaired) electrons. The van der Waals surface area contributed by atoms with Crippen LogP contribution in [0.2, 0.25) is 0 Å². The van der Waals surface area contributed by atoms with E-state index >= 15 is 0 Å². The number of aliphatic hydroxyl groups excluding tert-OH is 1. The molecule has 1 fully saturated rings. The second-order valence-electron chi connectivity index (χ2n) is 4.28. The molecule has 0 bridgehead atoms. The molecule has 0 aromatic carbocycles. The Labute approximate surface area is 107 Å². The van der Waals surface area contributed by atoms with E-state index in [1.165, 1.54) is 4.90 Å². The Morgan fingerprint density at radius 2 is 2.06 bits per heavy atom. The van der Waals surface area contributed by atoms with Gasteiger partial charge in [-0.25, -0.2) is 9.59 Å². The standard InChI is InChI=1S/C12H21NO5/c1-3-5-6-18-12(16)13-8-9(14)7-10(13)11(15)17-4-2/h9-10,14H,3-8H2,1-2H3/t9?,10-/m0/s1. The van der Waals surface area contributed by atoms with Crippen molar-refractivity contribution in [2.75, 3.05) is 19.8 Å². The maximum Gasteiger partial charge on any atom is 0.410 e. The lowest BCUT2D eigenvalue weighted by Gasteiger charge is -2.22. The highest BCUT2D eigenvalue weighted by molar-refractivity contribution is 5.82. The largest absolute Gasteiger partial charge is 0.464 e. The monoisotopic (exact) mass is 259 g/mol. The van der Waals surface area contributed by atoms with Crippen molar-refractivity contribution in [1.82, 2.24) is 4.90 Å². The van der Waals surface area contributed by atoms with Gasteiger partial charge in [0.1, 0.15) is 6.04 Å². The van der Waals surface area contributed by atoms with Crippen LogP contribution in [0.5, 0.6) is 0 Å². The van der Waals surface area contributed by atoms with Gasteiger partial charge in [0, 0.05) is 6.42 Å². The highest BCUT2D eigenvalue weighted by Gasteiger charge is 2.40. The zero-order chi connectivity index (χ0) is 13.5. The number of hydrogen-bond donors (Lipinski definition) is 1. The molecule has 1 saturated heterocycles. The quantitative estimate of drug-likeness (QED) is 0.587. The number of ether oxygens (including phenoxy) is 2. The van der Waals surface area contributed by atoms with Crippen molar-refractivity contribution in [1.29, 1.82) is 0 Å². The fourth-order valence-corrected chi connectivity index (χ4v) is 1.86. The average Bonchev–Trinajstić information content (AvgIpc) is 2.72. The Hall–Kier alpha value is -1.30. The van der Waals surface area contributed by atoms with Crippen LogP contribution in [-0.2, 0) is 14.3 Å². The number of aliphatic hydroxyl groups is 1. The Balaban J connectivity index is 2.55. The molecule has 1 rings (SSSR count). The SMILES string of the molecule is CCCCOC(=O)N1CC(O)C[C@H]1C(=O)OCC. The number of esters is 1. The van der Waals surface area contributed by atoms with Crippen molar-refractivity contribution >= 4 is 12.1 Å². The fourth-order valence-electron chi connectivity index (χ4n) is 1.86. The first-order chi connectivity index (χ1) is 8.60. The Morgan fingerprint density at radius 1 is 1.33 bits per heavy atom. The van der Waals surface area contributed by atoms with Crippen LogP contribution in [0.15, 0.2) is 0 Å². The number of nitrogens with zero attached hydrogens (tertiary/aromatic N) is 1. The van der Waals surface area contributed by atoms with Crippen LogP contribution in [0.3, 0.4) is 0 Å². The molecule has 0 aromatic rings. The summed E-state index contributed by atoms with van der Waals surface area (Å²) in [6.45, 7) is 4.40. The second-order valence-corrected chi connectivity index (χ2v) is 4.28. The van der Waals surface area contributed by atoms with E-state index in [0.29, 0.717) is 6.61 Å². The molecule has 1 unspecified atom stereocenters. The summed E-state index contributed by atoms with van der Waals surface area (Å²) in [5, 5.41) is 9.55. The maximum atomic E-state index is 11.8. The molecule has 6 nitrogen and oxygen atoms in total. The van der Waals surface area contributed by atoms with E-state index in [1.54, 1.807) is 6.92 Å². The van der Waals surface area contributed by atoms with E-state index < -0.39 is 24.2 Å². The molecule has 1 aliphatic rings. The normalized spacial score (nSPS) is 22.9. The first-order valence-corrected chi connectivity index (χ1v) is 6.38. The van der Waals surface area contributed by atoms with Crippen LogP contribution >= 0.6 is 0 Å². The number of β-amino-alcohol motifs (C(OH)–C–C–N with tert-alkyl or cyclic N) is 1. The summed E-state index contributed by atoms with van der Waals surface area (Å²) in [5.41, 5.74) is 0. The van der Waals surface area contributed by atoms with Gasteiger partial charge in [-0.3, -0.25) is 4.90 Å². The lowest BCUT2D eigenvalue weighted by molar-refractivity contribution is -0.148. The molecule has 18 heavy (non-hydrogen) atoms. The lowest BCUT2D eigenvalue weighted by Crippen LogP contribution is -2.42. The summed E-state index contributed by atoms with van der Waals surface area (Å²) in [7, 11) is 0. The van der Waals surface area contributed by atoms with E-state index in [4.69, 9.17) is 9.47 Å². The summed E-state index contributed by atoms with van der Waals surface area (Å²) < 4.78 is 9.92. The van der Waals surface area contributed by atoms with Crippen molar-refractivity contribution in [3.8, 4) is 0 Å². The first kappa shape index (κ1) is 14.8. The summed E-state index contributed by atoms with van der Waals surface area (Å²) in [6, 6.07) is -0.728. The van der Waals surface area contributed by atoms with Crippen molar-refractivity contribution in [2.24, 2.45) is 0 Å². The third kappa shape index (κ3) is 3.87. The molecule has 1 N–H and O–H groups in total. The summed E-state index contributed by atoms with van der Waals surface area (Å²) in [6.07, 6.45) is 0.668. The van der Waals surface area contributed by atoms with E-state index in [1.807, 2.05) is 6.92 Å². The van der Waals surface area contributed by atoms with E-state index in [9.17, 15) is 14.7 Å². The van der Waals surface area contributed by atoms with Gasteiger partial charge in [0.2, 0.25) is 0 Å². The van der Waals surface area contributed by atoms with Gasteiger partial charge in [-0.2, -0.15) is 0 Å². The Kier molecular flexibility index (Phi) is 5.91. The molecule has 1 amide bonds. The fraction of sp³-hybridized carbons (Fsp3) is 0.833. The third-order valence-electron chi connectivity index (χ3n) is 2.80. The molecule has 0 spiro atoms. The van der Waals surface area contributed by atoms with Gasteiger partial charge in [-0.15, -0.1) is 0 Å². The number of rotatable bonds is 5. The molecule has 1 heterocycles. The van der Waals surface area contributed by atoms with Gasteiger partial charge in [0.05, 0.1) is 25.9 Å². The van der Waals surface area contributed by atoms with Gasteiger partial charge in [0.25, 0.3) is 0 Å². The number of unbranched alkanes of at least 4 members (excludes halogenated alkanes) is 1. The minimum Gasteiger partial charge on any atom is -0.464 e. The predicted molar refractivity (Wildman–Crippen MR) is 64.0 cm³/mol. The highest BCUT2D eigenvalue weighted by atomic mass is 16.6. The van der Waals surface area contributed by atoms with Gasteiger partial charge in [-0.05, 0) is 13.3 Å². The summed E-state index contributed by atoms with van der Waals surface area (Å²) >= 11 is 0. The first-order valence-electron chi connectivity index (χ1n) is 6.38. The summed E-state index contributed by atoms with van der Waals surface area (Å²) in [5.74, 6) is -0.485. The predicted octanol–water partition coefficient (Wildman–Crippen LogP) is 0.921. The average molecular weight is 259 g/mol. The van der Waals surface area contributed by atoms with Crippen LogP contribution in [0.4, 0.5) is 4.79 Å². The van der Waals surface area contributed by atoms with Crippen LogP contribution < -0.4 is 0 Å². The number of likely N-dealkylation sites (tertiary alicyclic amines) is 1. The zero-order valence-electron chi connectivity index (χ0n) is 10.9. The van der Waals surface area contributed by atoms with E-state index in [0.717, 1.165) is 12.8 Å². The molecule has 0 aliphatic carbocycles. The van der Waals surface area contributed by atoms with Crippen molar-refractivity contribution < 1.29 is 24.2 Å². The number of carbonyl (C=O) groups excluding carboxylic acids is 2. The van der Waals surface area contributed by atoms with E-state index in [2.05, 4.69) is 0 Å². The number of carbonyl (C=O) groups is 2. The third-order valence-corrected chi connectivity index (χ3v) is 2.80. The topological polar surface area (TPSA) is 76.1 Å². The highest BCUT2D eigenvalue weighted by Crippen LogP contribution is 2.20. The zero-order valence-corrected chi connectivity index (χ0v) is 10.9. The van der Waals surface area contributed by atoms with Gasteiger partial charge >= 0.3 is 12.1 Å². The molecule has 0 aromatic heterocycles. The molecular weight excluding hydrogens is 238 g/mol. The Bertz CT molecular complexity index is 294. The maximum absolute atomic E-state index is 11.8. The minimum atomic E-state index is -0.728. The molecular formula is C12H21NO5. The molecule has 6 heteroatoms. The second kappa shape index (κ2) is 7.20. The van der Waals surface area contributed by atoms with Crippen molar-refractivity contribution in [3.05, 3.63) is 0 Å². The smallest absolute Gasteiger partial charge is 0.410 e. The van der Waals surface area contributed by atoms with Crippen molar-refractivity contribution in [2.45, 2.75) is 45.3 Å². The van der Waals surface area contributed by atoms with Gasteiger partial charge in [0.15, 0.2) is 0 Å². The molecule has 0 saturated carbocycles. The van der Waals surface area contributed by atoms with Gasteiger partial charge < -0.3 is 14.6 Å². The van der Waals surface area contributed by atoms with Gasteiger partial charge in [-0.1, -0.05) is 13.3 Å². The lowest BCUT2D eigenvalue weighted by atomic mass is 10.2. The van der Waals surface area contributed by atoms with Crippen molar-refractivity contribution in [3.63, 3.8) is 0 Å². The summed E-state index contributed by atoms with van der Waals surface area (Å²) in [4.78, 5) is 24.7. The van der Waals surface area contributed by atoms with Crippen LogP contribution in [0, 0.1) is 0 Å². The minimum absolute atomic E-state index is 0.119. The molecule has 2 atom stereocenters. The van der Waals surface area contributed by atoms with Crippen LogP contribution in [0.1, 0.15) is 33.1 Å². The molecule has 1 aliphatic heterocycles. The van der Waals surface area contributed by atoms with E-state index in [-0.39, 0.29) is 19.6 Å².